The summed E-state index contributed by atoms with van der Waals surface area (Å²) in [5, 5.41) is 0. The van der Waals surface area contributed by atoms with E-state index in [4.69, 9.17) is 0 Å². The molecule has 0 unspecified atom stereocenters. The Hall–Kier alpha value is -0.960. The first-order chi connectivity index (χ1) is 8.72. The van der Waals surface area contributed by atoms with Gasteiger partial charge in [-0.1, -0.05) is 25.1 Å². The van der Waals surface area contributed by atoms with Crippen LogP contribution >= 0.6 is 11.8 Å². The first-order valence-electron chi connectivity index (χ1n) is 6.71. The summed E-state index contributed by atoms with van der Waals surface area (Å²) in [6.07, 6.45) is 3.39. The third kappa shape index (κ3) is 3.08. The summed E-state index contributed by atoms with van der Waals surface area (Å²) in [5.74, 6) is 0.853. The summed E-state index contributed by atoms with van der Waals surface area (Å²) in [4.78, 5) is 15.6. The van der Waals surface area contributed by atoms with E-state index in [9.17, 15) is 4.79 Å². The first-order valence-corrected chi connectivity index (χ1v) is 7.70. The molecule has 3 heteroatoms. The number of thioether (sulfide) groups is 1. The molecular weight excluding hydrogens is 242 g/mol. The van der Waals surface area contributed by atoms with E-state index in [1.807, 2.05) is 18.2 Å². The predicted molar refractivity (Wildman–Crippen MR) is 76.8 cm³/mol. The molecule has 1 aromatic carbocycles. The largest absolute Gasteiger partial charge is 0.336 e. The highest BCUT2D eigenvalue weighted by Crippen LogP contribution is 2.27. The first kappa shape index (κ1) is 13.5. The van der Waals surface area contributed by atoms with Gasteiger partial charge in [0.25, 0.3) is 0 Å². The van der Waals surface area contributed by atoms with Crippen molar-refractivity contribution in [1.29, 1.82) is 0 Å². The van der Waals surface area contributed by atoms with Crippen molar-refractivity contribution < 1.29 is 4.79 Å². The minimum atomic E-state index is 0.292. The molecule has 0 aromatic heterocycles. The lowest BCUT2D eigenvalue weighted by atomic mass is 10.1. The Kier molecular flexibility index (Phi) is 4.70. The van der Waals surface area contributed by atoms with Gasteiger partial charge in [0, 0.05) is 17.0 Å². The molecule has 0 bridgehead atoms. The van der Waals surface area contributed by atoms with Crippen LogP contribution in [-0.4, -0.2) is 28.6 Å². The molecule has 1 aliphatic rings. The molecule has 1 aliphatic heterocycles. The van der Waals surface area contributed by atoms with Gasteiger partial charge in [0.15, 0.2) is 0 Å². The molecule has 0 radical (unpaired) electrons. The summed E-state index contributed by atoms with van der Waals surface area (Å²) >= 11 is 1.64. The zero-order valence-electron chi connectivity index (χ0n) is 11.1. The highest BCUT2D eigenvalue weighted by atomic mass is 32.2. The van der Waals surface area contributed by atoms with E-state index in [-0.39, 0.29) is 0 Å². The van der Waals surface area contributed by atoms with Crippen LogP contribution in [-0.2, 0) is 4.79 Å². The van der Waals surface area contributed by atoms with Crippen LogP contribution in [0.4, 0.5) is 0 Å². The zero-order valence-corrected chi connectivity index (χ0v) is 12.0. The van der Waals surface area contributed by atoms with E-state index in [1.165, 1.54) is 11.3 Å². The quantitative estimate of drug-likeness (QED) is 0.774. The van der Waals surface area contributed by atoms with Crippen LogP contribution in [0.15, 0.2) is 35.2 Å². The van der Waals surface area contributed by atoms with Crippen LogP contribution in [0, 0.1) is 0 Å². The topological polar surface area (TPSA) is 20.3 Å². The molecule has 1 aromatic rings. The average Bonchev–Trinajstić information content (AvgIpc) is 2.78. The highest BCUT2D eigenvalue weighted by molar-refractivity contribution is 8.00. The van der Waals surface area contributed by atoms with E-state index in [0.717, 1.165) is 12.8 Å². The minimum Gasteiger partial charge on any atom is -0.336 e. The highest BCUT2D eigenvalue weighted by Gasteiger charge is 2.32. The lowest BCUT2D eigenvalue weighted by molar-refractivity contribution is -0.130. The van der Waals surface area contributed by atoms with E-state index < -0.39 is 0 Å². The SMILES string of the molecule is CC[C@@H]1CC[C@@H](C)N1C(=O)CSc1ccccc1. The molecular formula is C15H21NOS. The molecule has 1 fully saturated rings. The monoisotopic (exact) mass is 263 g/mol. The second-order valence-electron chi connectivity index (χ2n) is 4.89. The molecule has 2 rings (SSSR count). The summed E-state index contributed by atoms with van der Waals surface area (Å²) in [6, 6.07) is 11.0. The standard InChI is InChI=1S/C15H21NOS/c1-3-13-10-9-12(2)16(13)15(17)11-18-14-7-5-4-6-8-14/h4-8,12-13H,3,9-11H2,1-2H3/t12-,13-/m1/s1. The van der Waals surface area contributed by atoms with Gasteiger partial charge in [-0.05, 0) is 38.3 Å². The fraction of sp³-hybridized carbons (Fsp3) is 0.533. The predicted octanol–water partition coefficient (Wildman–Crippen LogP) is 3.57. The second kappa shape index (κ2) is 6.28. The van der Waals surface area contributed by atoms with Crippen molar-refractivity contribution in [3.05, 3.63) is 30.3 Å². The number of amides is 1. The van der Waals surface area contributed by atoms with Gasteiger partial charge >= 0.3 is 0 Å². The van der Waals surface area contributed by atoms with Crippen LogP contribution in [0.1, 0.15) is 33.1 Å². The lowest BCUT2D eigenvalue weighted by Gasteiger charge is -2.27. The molecule has 1 saturated heterocycles. The number of carbonyl (C=O) groups excluding carboxylic acids is 1. The van der Waals surface area contributed by atoms with Crippen molar-refractivity contribution in [1.82, 2.24) is 4.90 Å². The third-order valence-electron chi connectivity index (χ3n) is 3.65. The van der Waals surface area contributed by atoms with Crippen molar-refractivity contribution in [3.8, 4) is 0 Å². The summed E-state index contributed by atoms with van der Waals surface area (Å²) in [7, 11) is 0. The molecule has 2 atom stereocenters. The van der Waals surface area contributed by atoms with Gasteiger partial charge in [0.1, 0.15) is 0 Å². The Bertz CT molecular complexity index is 393. The molecule has 1 heterocycles. The maximum atomic E-state index is 12.3. The molecule has 0 N–H and O–H groups in total. The molecule has 0 saturated carbocycles. The van der Waals surface area contributed by atoms with Crippen molar-refractivity contribution in [2.45, 2.75) is 50.1 Å². The molecule has 0 aliphatic carbocycles. The third-order valence-corrected chi connectivity index (χ3v) is 4.65. The van der Waals surface area contributed by atoms with Gasteiger partial charge in [-0.2, -0.15) is 0 Å². The van der Waals surface area contributed by atoms with E-state index >= 15 is 0 Å². The zero-order chi connectivity index (χ0) is 13.0. The van der Waals surface area contributed by atoms with Crippen LogP contribution < -0.4 is 0 Å². The average molecular weight is 263 g/mol. The van der Waals surface area contributed by atoms with E-state index in [0.29, 0.717) is 23.7 Å². The number of hydrogen-bond donors (Lipinski definition) is 0. The summed E-state index contributed by atoms with van der Waals surface area (Å²) < 4.78 is 0. The Balaban J connectivity index is 1.91. The van der Waals surface area contributed by atoms with Crippen LogP contribution in [0.3, 0.4) is 0 Å². The fourth-order valence-corrected chi connectivity index (χ4v) is 3.45. The maximum absolute atomic E-state index is 12.3. The number of nitrogens with zero attached hydrogens (tertiary/aromatic N) is 1. The Morgan fingerprint density at radius 3 is 2.72 bits per heavy atom. The Morgan fingerprint density at radius 1 is 1.33 bits per heavy atom. The molecule has 1 amide bonds. The van der Waals surface area contributed by atoms with E-state index in [1.54, 1.807) is 11.8 Å². The molecule has 98 valence electrons. The fourth-order valence-electron chi connectivity index (χ4n) is 2.66. The number of carbonyl (C=O) groups is 1. The van der Waals surface area contributed by atoms with Gasteiger partial charge in [0.2, 0.25) is 5.91 Å². The summed E-state index contributed by atoms with van der Waals surface area (Å²) in [5.41, 5.74) is 0. The van der Waals surface area contributed by atoms with Crippen LogP contribution in [0.5, 0.6) is 0 Å². The van der Waals surface area contributed by atoms with Gasteiger partial charge in [-0.15, -0.1) is 11.8 Å². The number of likely N-dealkylation sites (tertiary alicyclic amines) is 1. The van der Waals surface area contributed by atoms with Crippen LogP contribution in [0.2, 0.25) is 0 Å². The van der Waals surface area contributed by atoms with E-state index in [2.05, 4.69) is 30.9 Å². The normalized spacial score (nSPS) is 23.3. The summed E-state index contributed by atoms with van der Waals surface area (Å²) in [6.45, 7) is 4.34. The Morgan fingerprint density at radius 2 is 2.06 bits per heavy atom. The van der Waals surface area contributed by atoms with Crippen LogP contribution in [0.25, 0.3) is 0 Å². The van der Waals surface area contributed by atoms with Gasteiger partial charge in [-0.25, -0.2) is 0 Å². The van der Waals surface area contributed by atoms with Crippen molar-refractivity contribution in [2.75, 3.05) is 5.75 Å². The molecule has 18 heavy (non-hydrogen) atoms. The Labute approximate surface area is 114 Å². The number of benzene rings is 1. The molecule has 0 spiro atoms. The minimum absolute atomic E-state index is 0.292. The van der Waals surface area contributed by atoms with Gasteiger partial charge < -0.3 is 4.90 Å². The number of hydrogen-bond acceptors (Lipinski definition) is 2. The van der Waals surface area contributed by atoms with Crippen molar-refractivity contribution in [2.24, 2.45) is 0 Å². The lowest BCUT2D eigenvalue weighted by Crippen LogP contribution is -2.40. The second-order valence-corrected chi connectivity index (χ2v) is 5.94. The number of rotatable bonds is 4. The van der Waals surface area contributed by atoms with Gasteiger partial charge in [0.05, 0.1) is 5.75 Å². The smallest absolute Gasteiger partial charge is 0.233 e. The van der Waals surface area contributed by atoms with Gasteiger partial charge in [-0.3, -0.25) is 4.79 Å². The maximum Gasteiger partial charge on any atom is 0.233 e. The van der Waals surface area contributed by atoms with Crippen molar-refractivity contribution in [3.63, 3.8) is 0 Å². The molecule has 2 nitrogen and oxygen atoms in total. The van der Waals surface area contributed by atoms with Crippen molar-refractivity contribution >= 4 is 17.7 Å².